The molecule has 2 saturated heterocycles. The van der Waals surface area contributed by atoms with E-state index in [0.29, 0.717) is 12.1 Å². The van der Waals surface area contributed by atoms with E-state index in [4.69, 9.17) is 0 Å². The van der Waals surface area contributed by atoms with Crippen LogP contribution in [-0.2, 0) is 5.60 Å². The number of piperidine rings is 2. The predicted molar refractivity (Wildman–Crippen MR) is 61.9 cm³/mol. The van der Waals surface area contributed by atoms with E-state index in [1.54, 1.807) is 12.4 Å². The molecule has 2 unspecified atom stereocenters. The Morgan fingerprint density at radius 3 is 2.69 bits per heavy atom. The molecule has 1 aromatic rings. The summed E-state index contributed by atoms with van der Waals surface area (Å²) >= 11 is 0. The summed E-state index contributed by atoms with van der Waals surface area (Å²) in [6.45, 7) is 0. The fourth-order valence-corrected chi connectivity index (χ4v) is 3.20. The van der Waals surface area contributed by atoms with E-state index in [0.717, 1.165) is 18.4 Å². The Morgan fingerprint density at radius 2 is 2.06 bits per heavy atom. The third-order valence-electron chi connectivity index (χ3n) is 3.94. The molecule has 2 atom stereocenters. The van der Waals surface area contributed by atoms with Crippen LogP contribution in [0.3, 0.4) is 0 Å². The molecular formula is C13H18N2O. The molecule has 2 aliphatic heterocycles. The van der Waals surface area contributed by atoms with Gasteiger partial charge in [-0.15, -0.1) is 0 Å². The molecule has 0 amide bonds. The van der Waals surface area contributed by atoms with Gasteiger partial charge in [0.1, 0.15) is 0 Å². The van der Waals surface area contributed by atoms with E-state index >= 15 is 0 Å². The molecule has 3 heterocycles. The van der Waals surface area contributed by atoms with Crippen LogP contribution in [-0.4, -0.2) is 22.2 Å². The monoisotopic (exact) mass is 218 g/mol. The molecule has 0 radical (unpaired) electrons. The van der Waals surface area contributed by atoms with Crippen molar-refractivity contribution in [2.75, 3.05) is 0 Å². The second kappa shape index (κ2) is 3.82. The topological polar surface area (TPSA) is 45.2 Å². The second-order valence-electron chi connectivity index (χ2n) is 5.17. The van der Waals surface area contributed by atoms with Gasteiger partial charge >= 0.3 is 0 Å². The number of aliphatic hydroxyl groups is 1. The van der Waals surface area contributed by atoms with Crippen molar-refractivity contribution in [3.05, 3.63) is 30.1 Å². The van der Waals surface area contributed by atoms with Crippen molar-refractivity contribution in [2.45, 2.75) is 49.8 Å². The lowest BCUT2D eigenvalue weighted by molar-refractivity contribution is -0.0361. The highest BCUT2D eigenvalue weighted by atomic mass is 16.3. The van der Waals surface area contributed by atoms with Crippen molar-refractivity contribution in [3.63, 3.8) is 0 Å². The van der Waals surface area contributed by atoms with E-state index < -0.39 is 5.60 Å². The molecule has 2 bridgehead atoms. The van der Waals surface area contributed by atoms with Gasteiger partial charge < -0.3 is 10.4 Å². The van der Waals surface area contributed by atoms with E-state index in [1.165, 1.54) is 19.3 Å². The van der Waals surface area contributed by atoms with Crippen LogP contribution < -0.4 is 5.32 Å². The lowest BCUT2D eigenvalue weighted by atomic mass is 9.74. The van der Waals surface area contributed by atoms with Gasteiger partial charge in [0.05, 0.1) is 5.60 Å². The maximum atomic E-state index is 10.8. The highest BCUT2D eigenvalue weighted by molar-refractivity contribution is 5.20. The molecule has 0 aliphatic carbocycles. The molecule has 0 saturated carbocycles. The van der Waals surface area contributed by atoms with Gasteiger partial charge in [-0.05, 0) is 31.7 Å². The quantitative estimate of drug-likeness (QED) is 0.752. The van der Waals surface area contributed by atoms with Crippen LogP contribution in [0.1, 0.15) is 37.7 Å². The molecule has 16 heavy (non-hydrogen) atoms. The molecule has 3 rings (SSSR count). The average Bonchev–Trinajstić information content (AvgIpc) is 2.29. The van der Waals surface area contributed by atoms with Gasteiger partial charge in [0.25, 0.3) is 0 Å². The minimum atomic E-state index is -0.657. The largest absolute Gasteiger partial charge is 0.385 e. The van der Waals surface area contributed by atoms with Crippen molar-refractivity contribution in [1.82, 2.24) is 10.3 Å². The fraction of sp³-hybridized carbons (Fsp3) is 0.615. The van der Waals surface area contributed by atoms with E-state index in [1.807, 2.05) is 12.1 Å². The smallest absolute Gasteiger partial charge is 0.0941 e. The Bertz CT molecular complexity index is 353. The van der Waals surface area contributed by atoms with E-state index in [9.17, 15) is 5.11 Å². The average molecular weight is 218 g/mol. The number of nitrogens with one attached hydrogen (secondary N) is 1. The first-order chi connectivity index (χ1) is 7.76. The summed E-state index contributed by atoms with van der Waals surface area (Å²) < 4.78 is 0. The van der Waals surface area contributed by atoms with Gasteiger partial charge in [0, 0.05) is 30.0 Å². The Kier molecular flexibility index (Phi) is 2.45. The molecule has 1 aromatic heterocycles. The number of pyridine rings is 1. The summed E-state index contributed by atoms with van der Waals surface area (Å²) in [6.07, 6.45) is 8.91. The summed E-state index contributed by atoms with van der Waals surface area (Å²) in [5.74, 6) is 0. The number of hydrogen-bond donors (Lipinski definition) is 2. The van der Waals surface area contributed by atoms with Gasteiger partial charge in [-0.2, -0.15) is 0 Å². The summed E-state index contributed by atoms with van der Waals surface area (Å²) in [6, 6.07) is 4.87. The van der Waals surface area contributed by atoms with Gasteiger partial charge in [0.2, 0.25) is 0 Å². The molecule has 2 aliphatic rings. The van der Waals surface area contributed by atoms with Crippen LogP contribution in [0.2, 0.25) is 0 Å². The summed E-state index contributed by atoms with van der Waals surface area (Å²) in [5.41, 5.74) is 0.323. The standard InChI is InChI=1S/C13H18N2O/c16-13(10-3-2-6-14-9-10)7-11-4-1-5-12(8-13)15-11/h2-3,6,9,11-12,15-16H,1,4-5,7-8H2. The van der Waals surface area contributed by atoms with Gasteiger partial charge in [0.15, 0.2) is 0 Å². The van der Waals surface area contributed by atoms with E-state index in [2.05, 4.69) is 10.3 Å². The number of fused-ring (bicyclic) bond motifs is 2. The zero-order valence-corrected chi connectivity index (χ0v) is 9.39. The summed E-state index contributed by atoms with van der Waals surface area (Å²) in [5, 5.41) is 14.4. The first-order valence-corrected chi connectivity index (χ1v) is 6.15. The Morgan fingerprint density at radius 1 is 1.31 bits per heavy atom. The first kappa shape index (κ1) is 10.2. The predicted octanol–water partition coefficient (Wildman–Crippen LogP) is 1.57. The molecule has 86 valence electrons. The van der Waals surface area contributed by atoms with Crippen LogP contribution in [0.4, 0.5) is 0 Å². The molecule has 3 heteroatoms. The third-order valence-corrected chi connectivity index (χ3v) is 3.94. The highest BCUT2D eigenvalue weighted by Crippen LogP contribution is 2.39. The van der Waals surface area contributed by atoms with Gasteiger partial charge in [-0.25, -0.2) is 0 Å². The third kappa shape index (κ3) is 1.74. The Balaban J connectivity index is 1.88. The van der Waals surface area contributed by atoms with Crippen LogP contribution in [0.15, 0.2) is 24.5 Å². The second-order valence-corrected chi connectivity index (χ2v) is 5.17. The van der Waals surface area contributed by atoms with Gasteiger partial charge in [-0.1, -0.05) is 12.5 Å². The summed E-state index contributed by atoms with van der Waals surface area (Å²) in [4.78, 5) is 4.12. The lowest BCUT2D eigenvalue weighted by Crippen LogP contribution is -2.54. The first-order valence-electron chi connectivity index (χ1n) is 6.15. The number of rotatable bonds is 1. The molecule has 0 aromatic carbocycles. The van der Waals surface area contributed by atoms with Crippen molar-refractivity contribution in [2.24, 2.45) is 0 Å². The number of hydrogen-bond acceptors (Lipinski definition) is 3. The molecular weight excluding hydrogens is 200 g/mol. The van der Waals surface area contributed by atoms with Crippen LogP contribution in [0.5, 0.6) is 0 Å². The van der Waals surface area contributed by atoms with Crippen molar-refractivity contribution < 1.29 is 5.11 Å². The normalized spacial score (nSPS) is 38.3. The maximum absolute atomic E-state index is 10.8. The molecule has 2 fully saturated rings. The maximum Gasteiger partial charge on any atom is 0.0941 e. The zero-order chi connectivity index (χ0) is 11.0. The van der Waals surface area contributed by atoms with Crippen molar-refractivity contribution in [1.29, 1.82) is 0 Å². The lowest BCUT2D eigenvalue weighted by Gasteiger charge is -2.45. The highest BCUT2D eigenvalue weighted by Gasteiger charge is 2.41. The molecule has 2 N–H and O–H groups in total. The van der Waals surface area contributed by atoms with Crippen LogP contribution in [0, 0.1) is 0 Å². The Labute approximate surface area is 95.9 Å². The van der Waals surface area contributed by atoms with Crippen molar-refractivity contribution in [3.8, 4) is 0 Å². The minimum absolute atomic E-state index is 0.484. The van der Waals surface area contributed by atoms with Gasteiger partial charge in [-0.3, -0.25) is 4.98 Å². The number of nitrogens with zero attached hydrogens (tertiary/aromatic N) is 1. The van der Waals surface area contributed by atoms with Crippen LogP contribution in [0.25, 0.3) is 0 Å². The van der Waals surface area contributed by atoms with Crippen molar-refractivity contribution >= 4 is 0 Å². The van der Waals surface area contributed by atoms with E-state index in [-0.39, 0.29) is 0 Å². The molecule has 0 spiro atoms. The molecule has 3 nitrogen and oxygen atoms in total. The van der Waals surface area contributed by atoms with Crippen LogP contribution >= 0.6 is 0 Å². The zero-order valence-electron chi connectivity index (χ0n) is 9.39. The summed E-state index contributed by atoms with van der Waals surface area (Å²) in [7, 11) is 0. The Hall–Kier alpha value is -0.930. The minimum Gasteiger partial charge on any atom is -0.385 e. The fourth-order valence-electron chi connectivity index (χ4n) is 3.20. The SMILES string of the molecule is OC1(c2cccnc2)CC2CCCC(C1)N2. The number of aromatic nitrogens is 1.